The lowest BCUT2D eigenvalue weighted by Gasteiger charge is -2.35. The number of fused-ring (bicyclic) bond motifs is 1. The van der Waals surface area contributed by atoms with E-state index in [1.807, 2.05) is 71.9 Å². The highest BCUT2D eigenvalue weighted by molar-refractivity contribution is 5.58. The van der Waals surface area contributed by atoms with E-state index in [-0.39, 0.29) is 13.0 Å². The van der Waals surface area contributed by atoms with Crippen LogP contribution >= 0.6 is 0 Å². The molecule has 0 radical (unpaired) electrons. The van der Waals surface area contributed by atoms with Gasteiger partial charge in [-0.3, -0.25) is 0 Å². The van der Waals surface area contributed by atoms with Crippen LogP contribution in [0.1, 0.15) is 91.5 Å². The first-order valence-electron chi connectivity index (χ1n) is 11.8. The molecule has 0 fully saturated rings. The molecule has 0 aliphatic carbocycles. The molecule has 186 valence electrons. The van der Waals surface area contributed by atoms with E-state index in [1.54, 1.807) is 14.2 Å². The topological polar surface area (TPSA) is 27.7 Å². The van der Waals surface area contributed by atoms with E-state index < -0.39 is 0 Å². The summed E-state index contributed by atoms with van der Waals surface area (Å²) in [6.07, 6.45) is 2.14. The van der Waals surface area contributed by atoms with Crippen molar-refractivity contribution in [2.24, 2.45) is 0 Å². The van der Waals surface area contributed by atoms with E-state index in [0.29, 0.717) is 0 Å². The zero-order chi connectivity index (χ0) is 24.6. The summed E-state index contributed by atoms with van der Waals surface area (Å²) in [4.78, 5) is 0. The average molecular weight is 449 g/mol. The van der Waals surface area contributed by atoms with Gasteiger partial charge in [0.05, 0.1) is 14.2 Å². The molecule has 3 rings (SSSR count). The molecule has 32 heavy (non-hydrogen) atoms. The molecule has 0 atom stereocenters. The maximum Gasteiger partial charge on any atom is 0.127 e. The lowest BCUT2D eigenvalue weighted by Crippen LogP contribution is -2.33. The highest BCUT2D eigenvalue weighted by Gasteiger charge is 2.30. The van der Waals surface area contributed by atoms with Gasteiger partial charge in [-0.05, 0) is 76.3 Å². The number of hydrogen-bond donors (Lipinski definition) is 0. The Morgan fingerprint density at radius 1 is 0.750 bits per heavy atom. The van der Waals surface area contributed by atoms with Gasteiger partial charge in [0.15, 0.2) is 0 Å². The monoisotopic (exact) mass is 448 g/mol. The second-order valence-electron chi connectivity index (χ2n) is 7.09. The molecule has 0 aromatic heterocycles. The molecule has 0 saturated heterocycles. The molecule has 3 heteroatoms. The van der Waals surface area contributed by atoms with E-state index in [4.69, 9.17) is 14.2 Å². The smallest absolute Gasteiger partial charge is 0.127 e. The van der Waals surface area contributed by atoms with Crippen LogP contribution in [0.15, 0.2) is 30.3 Å². The maximum absolute atomic E-state index is 6.16. The second-order valence-corrected chi connectivity index (χ2v) is 7.09. The third-order valence-corrected chi connectivity index (χ3v) is 4.85. The summed E-state index contributed by atoms with van der Waals surface area (Å²) in [6, 6.07) is 9.68. The predicted molar refractivity (Wildman–Crippen MR) is 144 cm³/mol. The summed E-state index contributed by atoms with van der Waals surface area (Å²) in [7, 11) is 3.41. The fraction of sp³-hybridized carbons (Fsp3) is 0.586. The Labute approximate surface area is 200 Å². The van der Waals surface area contributed by atoms with Crippen LogP contribution in [0.2, 0.25) is 0 Å². The van der Waals surface area contributed by atoms with E-state index >= 15 is 0 Å². The van der Waals surface area contributed by atoms with Gasteiger partial charge in [0.25, 0.3) is 0 Å². The summed E-state index contributed by atoms with van der Waals surface area (Å²) in [5.41, 5.74) is 4.92. The van der Waals surface area contributed by atoms with E-state index in [0.717, 1.165) is 30.1 Å². The van der Waals surface area contributed by atoms with Gasteiger partial charge in [-0.1, -0.05) is 67.2 Å². The van der Waals surface area contributed by atoms with E-state index in [2.05, 4.69) is 34.6 Å². The Hall–Kier alpha value is -2.16. The molecule has 1 aliphatic heterocycles. The van der Waals surface area contributed by atoms with Crippen molar-refractivity contribution in [1.29, 1.82) is 0 Å². The van der Waals surface area contributed by atoms with Crippen molar-refractivity contribution in [2.45, 2.75) is 102 Å². The third-order valence-electron chi connectivity index (χ3n) is 4.85. The van der Waals surface area contributed by atoms with Crippen LogP contribution in [0.25, 0.3) is 0 Å². The van der Waals surface area contributed by atoms with Gasteiger partial charge in [0.2, 0.25) is 0 Å². The normalized spacial score (nSPS) is 11.9. The van der Waals surface area contributed by atoms with Crippen LogP contribution in [-0.2, 0) is 6.42 Å². The molecular formula is C29H52O3. The summed E-state index contributed by atoms with van der Waals surface area (Å²) >= 11 is 0. The number of benzene rings is 2. The Balaban J connectivity index is -0.000000474. The van der Waals surface area contributed by atoms with Crippen LogP contribution in [0, 0.1) is 20.8 Å². The van der Waals surface area contributed by atoms with Crippen molar-refractivity contribution < 1.29 is 14.2 Å². The van der Waals surface area contributed by atoms with Gasteiger partial charge in [0, 0.05) is 5.56 Å². The van der Waals surface area contributed by atoms with Crippen LogP contribution in [-0.4, -0.2) is 19.8 Å². The van der Waals surface area contributed by atoms with Crippen molar-refractivity contribution in [3.05, 3.63) is 52.6 Å². The van der Waals surface area contributed by atoms with Gasteiger partial charge in [-0.15, -0.1) is 0 Å². The molecule has 2 aromatic rings. The summed E-state index contributed by atoms with van der Waals surface area (Å²) < 4.78 is 16.6. The minimum absolute atomic E-state index is 0. The van der Waals surface area contributed by atoms with Gasteiger partial charge in [-0.2, -0.15) is 0 Å². The van der Waals surface area contributed by atoms with Gasteiger partial charge in [-0.25, -0.2) is 0 Å². The molecule has 0 spiro atoms. The zero-order valence-electron chi connectivity index (χ0n) is 22.5. The highest BCUT2D eigenvalue weighted by atomic mass is 16.5. The van der Waals surface area contributed by atoms with Crippen LogP contribution in [0.5, 0.6) is 17.2 Å². The first-order valence-corrected chi connectivity index (χ1v) is 11.8. The lowest BCUT2D eigenvalue weighted by molar-refractivity contribution is 0.0831. The van der Waals surface area contributed by atoms with E-state index in [9.17, 15) is 0 Å². The van der Waals surface area contributed by atoms with Crippen LogP contribution in [0.3, 0.4) is 0 Å². The van der Waals surface area contributed by atoms with Gasteiger partial charge >= 0.3 is 0 Å². The molecular weight excluding hydrogens is 396 g/mol. The number of rotatable bonds is 2. The Bertz CT molecular complexity index is 719. The summed E-state index contributed by atoms with van der Waals surface area (Å²) in [6.45, 7) is 22.7. The molecule has 0 amide bonds. The molecule has 1 aliphatic rings. The molecule has 0 bridgehead atoms. The molecule has 0 N–H and O–H groups in total. The Kier molecular flexibility index (Phi) is 19.8. The van der Waals surface area contributed by atoms with Gasteiger partial charge in [0.1, 0.15) is 22.8 Å². The zero-order valence-corrected chi connectivity index (χ0v) is 22.5. The first-order chi connectivity index (χ1) is 14.8. The average Bonchev–Trinajstić information content (AvgIpc) is 2.82. The largest absolute Gasteiger partial charge is 0.497 e. The molecule has 0 unspecified atom stereocenters. The summed E-state index contributed by atoms with van der Waals surface area (Å²) in [5.74, 6) is 3.01. The van der Waals surface area contributed by atoms with Crippen molar-refractivity contribution in [2.75, 3.05) is 14.2 Å². The quantitative estimate of drug-likeness (QED) is 0.458. The Morgan fingerprint density at radius 2 is 1.25 bits per heavy atom. The number of methoxy groups -OCH3 is 2. The number of hydrogen-bond acceptors (Lipinski definition) is 3. The molecule has 0 saturated carbocycles. The van der Waals surface area contributed by atoms with Crippen molar-refractivity contribution in [3.8, 4) is 17.2 Å². The fourth-order valence-corrected chi connectivity index (χ4v) is 3.21. The standard InChI is InChI=1S/C15H22O2.C7H8O.3C2H6.CH4/c1-9-10(2)14-12(11(3)13(9)16-6)7-8-15(4,5)17-14;1-8-7-5-3-2-4-6-7;3*1-2;/h7-8H2,1-6H3;2-6H,1H3;3*1-2H3;1H4. The molecule has 2 aromatic carbocycles. The molecule has 3 nitrogen and oxygen atoms in total. The Morgan fingerprint density at radius 3 is 1.66 bits per heavy atom. The summed E-state index contributed by atoms with van der Waals surface area (Å²) in [5, 5.41) is 0. The van der Waals surface area contributed by atoms with Crippen molar-refractivity contribution in [1.82, 2.24) is 0 Å². The van der Waals surface area contributed by atoms with Crippen molar-refractivity contribution >= 4 is 0 Å². The minimum atomic E-state index is -0.0504. The fourth-order valence-electron chi connectivity index (χ4n) is 3.21. The number of para-hydroxylation sites is 1. The van der Waals surface area contributed by atoms with Crippen LogP contribution in [0.4, 0.5) is 0 Å². The van der Waals surface area contributed by atoms with E-state index in [1.165, 1.54) is 22.3 Å². The third kappa shape index (κ3) is 9.97. The SMILES string of the molecule is C.CC.CC.CC.COc1c(C)c(C)c2c(c1C)CCC(C)(C)O2.COc1ccccc1. The van der Waals surface area contributed by atoms with Gasteiger partial charge < -0.3 is 14.2 Å². The minimum Gasteiger partial charge on any atom is -0.497 e. The maximum atomic E-state index is 6.16. The van der Waals surface area contributed by atoms with Crippen LogP contribution < -0.4 is 14.2 Å². The number of ether oxygens (including phenoxy) is 3. The highest BCUT2D eigenvalue weighted by Crippen LogP contribution is 2.43. The predicted octanol–water partition coefficient (Wildman–Crippen LogP) is 9.13. The first kappa shape index (κ1) is 34.5. The lowest BCUT2D eigenvalue weighted by atomic mass is 9.88. The second kappa shape index (κ2) is 18.4. The van der Waals surface area contributed by atoms with Crippen molar-refractivity contribution in [3.63, 3.8) is 0 Å². The molecule has 1 heterocycles.